The summed E-state index contributed by atoms with van der Waals surface area (Å²) in [6.45, 7) is 2.54. The van der Waals surface area contributed by atoms with Crippen LogP contribution in [0.1, 0.15) is 18.6 Å². The van der Waals surface area contributed by atoms with E-state index in [4.69, 9.17) is 33.7 Å². The van der Waals surface area contributed by atoms with E-state index in [1.807, 2.05) is 24.3 Å². The number of pyridine rings is 1. The van der Waals surface area contributed by atoms with Crippen LogP contribution in [0.5, 0.6) is 5.75 Å². The third-order valence-corrected chi connectivity index (χ3v) is 5.00. The maximum atomic E-state index is 10.6. The Hall–Kier alpha value is -3.33. The molecule has 0 amide bonds. The number of carboxylic acids is 2. The first-order valence-electron chi connectivity index (χ1n) is 10.3. The zero-order chi connectivity index (χ0) is 26.9. The van der Waals surface area contributed by atoms with Crippen molar-refractivity contribution in [3.05, 3.63) is 48.7 Å². The molecule has 1 aliphatic heterocycles. The number of morpholine rings is 1. The number of nitrogens with zero attached hydrogens (tertiary/aromatic N) is 2. The minimum Gasteiger partial charge on any atom is -0.486 e. The molecule has 4 rings (SSSR count). The van der Waals surface area contributed by atoms with Gasteiger partial charge in [0.25, 0.3) is 0 Å². The minimum absolute atomic E-state index is 0.105. The van der Waals surface area contributed by atoms with E-state index in [1.54, 1.807) is 18.7 Å². The van der Waals surface area contributed by atoms with Gasteiger partial charge in [-0.1, -0.05) is 0 Å². The molecule has 3 atom stereocenters. The van der Waals surface area contributed by atoms with Crippen LogP contribution in [-0.4, -0.2) is 75.8 Å². The summed E-state index contributed by atoms with van der Waals surface area (Å²) in [5.74, 6) is -3.68. The lowest BCUT2D eigenvalue weighted by Gasteiger charge is -2.38. The largest absolute Gasteiger partial charge is 0.490 e. The highest BCUT2D eigenvalue weighted by Gasteiger charge is 2.44. The highest BCUT2D eigenvalue weighted by atomic mass is 19.4. The summed E-state index contributed by atoms with van der Waals surface area (Å²) < 4.78 is 81.1. The van der Waals surface area contributed by atoms with E-state index in [-0.39, 0.29) is 12.2 Å². The number of carboxylic acid groups (broad SMARTS) is 2. The van der Waals surface area contributed by atoms with Crippen LogP contribution in [-0.2, 0) is 20.9 Å². The Kier molecular flexibility index (Phi) is 10.1. The first kappa shape index (κ1) is 28.9. The van der Waals surface area contributed by atoms with Crippen LogP contribution < -0.4 is 4.74 Å². The molecule has 1 saturated heterocycles. The van der Waals surface area contributed by atoms with Crippen molar-refractivity contribution in [3.8, 4) is 5.75 Å². The third kappa shape index (κ3) is 9.03. The van der Waals surface area contributed by atoms with E-state index in [1.165, 1.54) is 0 Å². The normalized spacial score (nSPS) is 21.8. The predicted molar refractivity (Wildman–Crippen MR) is 108 cm³/mol. The molecule has 2 fully saturated rings. The van der Waals surface area contributed by atoms with Gasteiger partial charge >= 0.3 is 24.3 Å². The molecule has 3 heterocycles. The van der Waals surface area contributed by atoms with Crippen LogP contribution >= 0.6 is 0 Å². The fraction of sp³-hybridized carbons (Fsp3) is 0.476. The van der Waals surface area contributed by atoms with Gasteiger partial charge in [-0.25, -0.2) is 9.59 Å². The standard InChI is InChI=1S/C17H20N2O3.2C2HF3O2/c1-3-13(11-18-7-1)22-16-6-5-15-17(16)21-10-8-19(15)12-14-4-2-9-20-14;2*3-2(4,5)1(6)7/h1-4,7,9,11,15-17H,5-6,8,10,12H2;2*(H,6,7)/t15-,16-,17+;;/m0../s1. The number of aliphatic carboxylic acids is 2. The lowest BCUT2D eigenvalue weighted by molar-refractivity contribution is -0.193. The van der Waals surface area contributed by atoms with E-state index < -0.39 is 24.3 Å². The molecule has 2 aromatic heterocycles. The van der Waals surface area contributed by atoms with Crippen molar-refractivity contribution in [1.29, 1.82) is 0 Å². The molecule has 15 heteroatoms. The monoisotopic (exact) mass is 528 g/mol. The van der Waals surface area contributed by atoms with Gasteiger partial charge in [-0.2, -0.15) is 26.3 Å². The quantitative estimate of drug-likeness (QED) is 0.572. The van der Waals surface area contributed by atoms with Crippen LogP contribution in [0.15, 0.2) is 47.3 Å². The van der Waals surface area contributed by atoms with Crippen LogP contribution in [0.3, 0.4) is 0 Å². The smallest absolute Gasteiger partial charge is 0.486 e. The second-order valence-corrected chi connectivity index (χ2v) is 7.48. The van der Waals surface area contributed by atoms with E-state index >= 15 is 0 Å². The maximum absolute atomic E-state index is 10.6. The fourth-order valence-corrected chi connectivity index (χ4v) is 3.51. The lowest BCUT2D eigenvalue weighted by Crippen LogP contribution is -2.51. The van der Waals surface area contributed by atoms with Gasteiger partial charge in [0.15, 0.2) is 0 Å². The van der Waals surface area contributed by atoms with Gasteiger partial charge in [-0.15, -0.1) is 0 Å². The Morgan fingerprint density at radius 2 is 1.69 bits per heavy atom. The molecule has 0 bridgehead atoms. The zero-order valence-electron chi connectivity index (χ0n) is 18.4. The molecule has 0 radical (unpaired) electrons. The van der Waals surface area contributed by atoms with Crippen LogP contribution in [0.2, 0.25) is 0 Å². The highest BCUT2D eigenvalue weighted by molar-refractivity contribution is 5.73. The molecular weight excluding hydrogens is 506 g/mol. The molecule has 2 aliphatic rings. The average Bonchev–Trinajstić information content (AvgIpc) is 3.45. The van der Waals surface area contributed by atoms with E-state index in [0.717, 1.165) is 44.0 Å². The topological polar surface area (TPSA) is 122 Å². The summed E-state index contributed by atoms with van der Waals surface area (Å²) in [5.41, 5.74) is 0. The Labute approximate surface area is 200 Å². The molecule has 2 aromatic rings. The maximum Gasteiger partial charge on any atom is 0.490 e. The summed E-state index contributed by atoms with van der Waals surface area (Å²) in [7, 11) is 0. The second kappa shape index (κ2) is 12.6. The van der Waals surface area contributed by atoms with Crippen molar-refractivity contribution in [3.63, 3.8) is 0 Å². The summed E-state index contributed by atoms with van der Waals surface area (Å²) in [6.07, 6.45) is -2.58. The van der Waals surface area contributed by atoms with Crippen LogP contribution in [0, 0.1) is 0 Å². The highest BCUT2D eigenvalue weighted by Crippen LogP contribution is 2.33. The molecule has 0 unspecified atom stereocenters. The molecule has 1 aliphatic carbocycles. The minimum atomic E-state index is -5.08. The fourth-order valence-electron chi connectivity index (χ4n) is 3.51. The van der Waals surface area contributed by atoms with Gasteiger partial charge in [-0.3, -0.25) is 9.88 Å². The number of furan rings is 1. The number of hydrogen-bond acceptors (Lipinski definition) is 7. The second-order valence-electron chi connectivity index (χ2n) is 7.48. The van der Waals surface area contributed by atoms with Crippen LogP contribution in [0.25, 0.3) is 0 Å². The predicted octanol–water partition coefficient (Wildman–Crippen LogP) is 3.75. The number of alkyl halides is 6. The Morgan fingerprint density at radius 1 is 1.06 bits per heavy atom. The van der Waals surface area contributed by atoms with Gasteiger partial charge in [-0.05, 0) is 37.1 Å². The van der Waals surface area contributed by atoms with Gasteiger partial charge in [0.05, 0.1) is 25.6 Å². The molecule has 9 nitrogen and oxygen atoms in total. The van der Waals surface area contributed by atoms with E-state index in [9.17, 15) is 26.3 Å². The van der Waals surface area contributed by atoms with E-state index in [2.05, 4.69) is 9.88 Å². The number of ether oxygens (including phenoxy) is 2. The Balaban J connectivity index is 0.000000271. The van der Waals surface area contributed by atoms with Crippen molar-refractivity contribution in [1.82, 2.24) is 9.88 Å². The van der Waals surface area contributed by atoms with Gasteiger partial charge in [0.1, 0.15) is 23.7 Å². The molecule has 1 saturated carbocycles. The number of rotatable bonds is 4. The van der Waals surface area contributed by atoms with Gasteiger partial charge in [0.2, 0.25) is 0 Å². The number of fused-ring (bicyclic) bond motifs is 1. The molecule has 36 heavy (non-hydrogen) atoms. The molecule has 200 valence electrons. The van der Waals surface area contributed by atoms with Crippen molar-refractivity contribution >= 4 is 11.9 Å². The summed E-state index contributed by atoms with van der Waals surface area (Å²) in [5, 5.41) is 14.2. The summed E-state index contributed by atoms with van der Waals surface area (Å²) >= 11 is 0. The molecule has 0 aromatic carbocycles. The Morgan fingerprint density at radius 3 is 2.19 bits per heavy atom. The number of aromatic nitrogens is 1. The first-order valence-corrected chi connectivity index (χ1v) is 10.3. The third-order valence-electron chi connectivity index (χ3n) is 5.00. The van der Waals surface area contributed by atoms with Crippen molar-refractivity contribution in [2.24, 2.45) is 0 Å². The Bertz CT molecular complexity index is 930. The number of hydrogen-bond donors (Lipinski definition) is 2. The zero-order valence-corrected chi connectivity index (χ0v) is 18.4. The summed E-state index contributed by atoms with van der Waals surface area (Å²) in [4.78, 5) is 24.4. The van der Waals surface area contributed by atoms with Gasteiger partial charge < -0.3 is 24.1 Å². The van der Waals surface area contributed by atoms with Crippen molar-refractivity contribution in [2.75, 3.05) is 13.2 Å². The van der Waals surface area contributed by atoms with E-state index in [0.29, 0.717) is 6.04 Å². The van der Waals surface area contributed by atoms with Crippen molar-refractivity contribution < 1.29 is 60.0 Å². The summed E-state index contributed by atoms with van der Waals surface area (Å²) in [6, 6.07) is 8.22. The molecule has 2 N–H and O–H groups in total. The van der Waals surface area contributed by atoms with Crippen LogP contribution in [0.4, 0.5) is 26.3 Å². The lowest BCUT2D eigenvalue weighted by atomic mass is 10.1. The average molecular weight is 528 g/mol. The van der Waals surface area contributed by atoms with Gasteiger partial charge in [0, 0.05) is 18.8 Å². The SMILES string of the molecule is O=C(O)C(F)(F)F.O=C(O)C(F)(F)F.c1cncc(O[C@H]2CC[C@H]3[C@H]2OCCN3Cc2ccco2)c1. The molecule has 0 spiro atoms. The number of halogens is 6. The van der Waals surface area contributed by atoms with Crippen molar-refractivity contribution in [2.45, 2.75) is 50.0 Å². The first-order chi connectivity index (χ1) is 16.8. The number of carbonyl (C=O) groups is 2. The molecular formula is C21H22F6N2O7.